The van der Waals surface area contributed by atoms with Crippen molar-refractivity contribution in [3.8, 4) is 0 Å². The number of aryl methyl sites for hydroxylation is 2. The standard InChI is InChI=1S/C16H16FN3OS/c1-10-12-9-14(22-16(12)20(2)19-10)15(21)18-8-7-11-5-3-4-6-13(11)17/h3-6,9H,7-8H2,1-2H3,(H,18,21). The fourth-order valence-electron chi connectivity index (χ4n) is 2.42. The Hall–Kier alpha value is -2.21. The smallest absolute Gasteiger partial charge is 0.261 e. The molecule has 0 saturated carbocycles. The van der Waals surface area contributed by atoms with Crippen LogP contribution in [-0.4, -0.2) is 22.2 Å². The minimum Gasteiger partial charge on any atom is -0.351 e. The lowest BCUT2D eigenvalue weighted by molar-refractivity contribution is 0.0958. The molecule has 1 amide bonds. The van der Waals surface area contributed by atoms with Gasteiger partial charge in [0, 0.05) is 19.0 Å². The van der Waals surface area contributed by atoms with E-state index in [1.165, 1.54) is 17.4 Å². The van der Waals surface area contributed by atoms with Gasteiger partial charge in [-0.3, -0.25) is 9.48 Å². The second kappa shape index (κ2) is 5.88. The van der Waals surface area contributed by atoms with Gasteiger partial charge in [0.05, 0.1) is 10.6 Å². The van der Waals surface area contributed by atoms with Crippen LogP contribution in [0.4, 0.5) is 4.39 Å². The Kier molecular flexibility index (Phi) is 3.94. The van der Waals surface area contributed by atoms with Crippen molar-refractivity contribution in [3.63, 3.8) is 0 Å². The molecule has 3 rings (SSSR count). The molecule has 2 heterocycles. The summed E-state index contributed by atoms with van der Waals surface area (Å²) in [5.74, 6) is -0.364. The summed E-state index contributed by atoms with van der Waals surface area (Å²) in [4.78, 5) is 13.8. The first kappa shape index (κ1) is 14.7. The number of carbonyl (C=O) groups excluding carboxylic acids is 1. The van der Waals surface area contributed by atoms with E-state index in [2.05, 4.69) is 10.4 Å². The van der Waals surface area contributed by atoms with Crippen molar-refractivity contribution >= 4 is 27.5 Å². The number of hydrogen-bond acceptors (Lipinski definition) is 3. The highest BCUT2D eigenvalue weighted by Gasteiger charge is 2.14. The SMILES string of the molecule is Cc1nn(C)c2sc(C(=O)NCCc3ccccc3F)cc12. The third-order valence-electron chi connectivity index (χ3n) is 3.56. The van der Waals surface area contributed by atoms with Gasteiger partial charge in [0.2, 0.25) is 0 Å². The monoisotopic (exact) mass is 317 g/mol. The molecule has 1 N–H and O–H groups in total. The Balaban J connectivity index is 1.66. The van der Waals surface area contributed by atoms with Gasteiger partial charge in [-0.05, 0) is 31.0 Å². The minimum atomic E-state index is -0.236. The minimum absolute atomic E-state index is 0.128. The molecule has 0 aliphatic rings. The van der Waals surface area contributed by atoms with E-state index in [1.807, 2.05) is 20.0 Å². The number of halogens is 1. The number of hydrogen-bond donors (Lipinski definition) is 1. The van der Waals surface area contributed by atoms with Gasteiger partial charge in [-0.2, -0.15) is 5.10 Å². The highest BCUT2D eigenvalue weighted by Crippen LogP contribution is 2.27. The average Bonchev–Trinajstić information content (AvgIpc) is 3.04. The Bertz CT molecular complexity index is 803. The number of aromatic nitrogens is 2. The van der Waals surface area contributed by atoms with E-state index in [0.29, 0.717) is 23.4 Å². The van der Waals surface area contributed by atoms with Gasteiger partial charge in [-0.1, -0.05) is 18.2 Å². The maximum absolute atomic E-state index is 13.5. The van der Waals surface area contributed by atoms with Crippen LogP contribution in [0.5, 0.6) is 0 Å². The van der Waals surface area contributed by atoms with Crippen LogP contribution >= 0.6 is 11.3 Å². The Morgan fingerprint density at radius 3 is 2.91 bits per heavy atom. The number of carbonyl (C=O) groups is 1. The number of nitrogens with zero attached hydrogens (tertiary/aromatic N) is 2. The fraction of sp³-hybridized carbons (Fsp3) is 0.250. The molecule has 0 aliphatic carbocycles. The van der Waals surface area contributed by atoms with Gasteiger partial charge < -0.3 is 5.32 Å². The first-order valence-corrected chi connectivity index (χ1v) is 7.82. The zero-order valence-electron chi connectivity index (χ0n) is 12.4. The molecule has 0 bridgehead atoms. The van der Waals surface area contributed by atoms with E-state index in [1.54, 1.807) is 22.9 Å². The summed E-state index contributed by atoms with van der Waals surface area (Å²) in [6.07, 6.45) is 0.476. The number of fused-ring (bicyclic) bond motifs is 1. The molecule has 0 spiro atoms. The van der Waals surface area contributed by atoms with Gasteiger partial charge in [0.15, 0.2) is 0 Å². The van der Waals surface area contributed by atoms with Crippen molar-refractivity contribution in [3.05, 3.63) is 52.3 Å². The number of nitrogens with one attached hydrogen (secondary N) is 1. The highest BCUT2D eigenvalue weighted by molar-refractivity contribution is 7.20. The molecule has 0 fully saturated rings. The van der Waals surface area contributed by atoms with Crippen molar-refractivity contribution in [2.75, 3.05) is 6.54 Å². The molecule has 0 atom stereocenters. The van der Waals surface area contributed by atoms with Crippen molar-refractivity contribution < 1.29 is 9.18 Å². The van der Waals surface area contributed by atoms with Crippen molar-refractivity contribution in [1.82, 2.24) is 15.1 Å². The third kappa shape index (κ3) is 2.74. The van der Waals surface area contributed by atoms with E-state index < -0.39 is 0 Å². The third-order valence-corrected chi connectivity index (χ3v) is 4.76. The van der Waals surface area contributed by atoms with Gasteiger partial charge in [-0.15, -0.1) is 11.3 Å². The summed E-state index contributed by atoms with van der Waals surface area (Å²) < 4.78 is 15.3. The molecule has 6 heteroatoms. The molecule has 114 valence electrons. The Labute approximate surface area is 131 Å². The summed E-state index contributed by atoms with van der Waals surface area (Å²) in [5, 5.41) is 8.16. The van der Waals surface area contributed by atoms with E-state index in [4.69, 9.17) is 0 Å². The molecule has 1 aromatic carbocycles. The first-order chi connectivity index (χ1) is 10.6. The molecule has 2 aromatic heterocycles. The lowest BCUT2D eigenvalue weighted by Gasteiger charge is -2.04. The van der Waals surface area contributed by atoms with Crippen molar-refractivity contribution in [2.24, 2.45) is 7.05 Å². The average molecular weight is 317 g/mol. The maximum Gasteiger partial charge on any atom is 0.261 e. The normalized spacial score (nSPS) is 11.0. The first-order valence-electron chi connectivity index (χ1n) is 7.01. The Morgan fingerprint density at radius 1 is 1.41 bits per heavy atom. The predicted molar refractivity (Wildman–Crippen MR) is 85.8 cm³/mol. The summed E-state index contributed by atoms with van der Waals surface area (Å²) in [5.41, 5.74) is 1.53. The van der Waals surface area contributed by atoms with E-state index in [-0.39, 0.29) is 11.7 Å². The quantitative estimate of drug-likeness (QED) is 0.804. The van der Waals surface area contributed by atoms with Crippen LogP contribution in [-0.2, 0) is 13.5 Å². The van der Waals surface area contributed by atoms with Crippen LogP contribution in [0.1, 0.15) is 20.9 Å². The Morgan fingerprint density at radius 2 is 2.18 bits per heavy atom. The molecule has 4 nitrogen and oxygen atoms in total. The largest absolute Gasteiger partial charge is 0.351 e. The fourth-order valence-corrected chi connectivity index (χ4v) is 3.46. The molecular weight excluding hydrogens is 301 g/mol. The molecule has 0 saturated heterocycles. The number of rotatable bonds is 4. The highest BCUT2D eigenvalue weighted by atomic mass is 32.1. The van der Waals surface area contributed by atoms with Gasteiger partial charge >= 0.3 is 0 Å². The summed E-state index contributed by atoms with van der Waals surface area (Å²) in [6.45, 7) is 2.33. The van der Waals surface area contributed by atoms with E-state index in [0.717, 1.165) is 15.9 Å². The van der Waals surface area contributed by atoms with E-state index in [9.17, 15) is 9.18 Å². The van der Waals surface area contributed by atoms with Crippen molar-refractivity contribution in [2.45, 2.75) is 13.3 Å². The van der Waals surface area contributed by atoms with Crippen LogP contribution in [0.15, 0.2) is 30.3 Å². The number of benzene rings is 1. The summed E-state index contributed by atoms with van der Waals surface area (Å²) in [6, 6.07) is 8.47. The van der Waals surface area contributed by atoms with Crippen LogP contribution in [0.3, 0.4) is 0 Å². The molecular formula is C16H16FN3OS. The molecule has 0 radical (unpaired) electrons. The number of amides is 1. The van der Waals surface area contributed by atoms with Crippen molar-refractivity contribution in [1.29, 1.82) is 0 Å². The predicted octanol–water partition coefficient (Wildman–Crippen LogP) is 3.05. The number of thiophene rings is 1. The van der Waals surface area contributed by atoms with Crippen LogP contribution in [0.25, 0.3) is 10.2 Å². The molecule has 22 heavy (non-hydrogen) atoms. The van der Waals surface area contributed by atoms with Crippen LogP contribution < -0.4 is 5.32 Å². The van der Waals surface area contributed by atoms with Gasteiger partial charge in [-0.25, -0.2) is 4.39 Å². The maximum atomic E-state index is 13.5. The van der Waals surface area contributed by atoms with Crippen LogP contribution in [0.2, 0.25) is 0 Å². The van der Waals surface area contributed by atoms with Gasteiger partial charge in [0.1, 0.15) is 10.6 Å². The second-order valence-corrected chi connectivity index (χ2v) is 6.17. The zero-order valence-corrected chi connectivity index (χ0v) is 13.2. The van der Waals surface area contributed by atoms with Crippen LogP contribution in [0, 0.1) is 12.7 Å². The zero-order chi connectivity index (χ0) is 15.7. The van der Waals surface area contributed by atoms with E-state index >= 15 is 0 Å². The molecule has 0 aliphatic heterocycles. The summed E-state index contributed by atoms with van der Waals surface area (Å²) >= 11 is 1.42. The topological polar surface area (TPSA) is 46.9 Å². The summed E-state index contributed by atoms with van der Waals surface area (Å²) in [7, 11) is 1.87. The molecule has 0 unspecified atom stereocenters. The molecule has 3 aromatic rings. The second-order valence-electron chi connectivity index (χ2n) is 5.14. The van der Waals surface area contributed by atoms with Gasteiger partial charge in [0.25, 0.3) is 5.91 Å². The lowest BCUT2D eigenvalue weighted by atomic mass is 10.1. The lowest BCUT2D eigenvalue weighted by Crippen LogP contribution is -2.25.